The first-order valence-electron chi connectivity index (χ1n) is 8.78. The van der Waals surface area contributed by atoms with Crippen molar-refractivity contribution in [2.75, 3.05) is 5.32 Å². The predicted octanol–water partition coefficient (Wildman–Crippen LogP) is 3.69. The number of rotatable bonds is 6. The minimum Gasteiger partial charge on any atom is -0.326 e. The molecule has 0 radical (unpaired) electrons. The van der Waals surface area contributed by atoms with Crippen LogP contribution in [-0.2, 0) is 16.0 Å². The number of aryl methyl sites for hydroxylation is 1. The number of amidine groups is 1. The fourth-order valence-corrected chi connectivity index (χ4v) is 4.00. The van der Waals surface area contributed by atoms with Gasteiger partial charge in [0.1, 0.15) is 5.25 Å². The zero-order chi connectivity index (χ0) is 18.6. The van der Waals surface area contributed by atoms with E-state index in [4.69, 9.17) is 0 Å². The lowest BCUT2D eigenvalue weighted by Gasteiger charge is -2.21. The van der Waals surface area contributed by atoms with Crippen molar-refractivity contribution in [2.24, 2.45) is 4.99 Å². The normalized spacial score (nSPS) is 19.3. The van der Waals surface area contributed by atoms with Crippen molar-refractivity contribution in [2.45, 2.75) is 64.8 Å². The number of anilines is 1. The second-order valence-electron chi connectivity index (χ2n) is 6.72. The topological polar surface area (TPSA) is 61.8 Å². The Balaban J connectivity index is 2.03. The molecule has 1 aliphatic heterocycles. The highest BCUT2D eigenvalue weighted by Crippen LogP contribution is 2.31. The van der Waals surface area contributed by atoms with Crippen LogP contribution < -0.4 is 5.32 Å². The van der Waals surface area contributed by atoms with E-state index in [1.54, 1.807) is 4.90 Å². The fourth-order valence-electron chi connectivity index (χ4n) is 2.61. The number of nitrogens with zero attached hydrogens (tertiary/aromatic N) is 2. The van der Waals surface area contributed by atoms with Crippen LogP contribution in [0.2, 0.25) is 0 Å². The Morgan fingerprint density at radius 2 is 1.88 bits per heavy atom. The highest BCUT2D eigenvalue weighted by atomic mass is 32.2. The molecule has 2 rings (SSSR count). The molecule has 1 aromatic carbocycles. The molecule has 1 unspecified atom stereocenters. The average Bonchev–Trinajstić information content (AvgIpc) is 2.82. The number of nitrogens with one attached hydrogen (secondary N) is 1. The predicted molar refractivity (Wildman–Crippen MR) is 105 cm³/mol. The van der Waals surface area contributed by atoms with E-state index < -0.39 is 5.25 Å². The molecule has 6 heteroatoms. The smallest absolute Gasteiger partial charge is 0.242 e. The zero-order valence-electron chi connectivity index (χ0n) is 15.6. The molecule has 0 bridgehead atoms. The summed E-state index contributed by atoms with van der Waals surface area (Å²) in [7, 11) is 0. The number of amides is 2. The fraction of sp³-hybridized carbons (Fsp3) is 0.526. The van der Waals surface area contributed by atoms with Gasteiger partial charge in [-0.25, -0.2) is 0 Å². The summed E-state index contributed by atoms with van der Waals surface area (Å²) < 4.78 is 0. The summed E-state index contributed by atoms with van der Waals surface area (Å²) in [6, 6.07) is 7.94. The van der Waals surface area contributed by atoms with E-state index in [9.17, 15) is 9.59 Å². The maximum atomic E-state index is 12.7. The molecular formula is C19H27N3O2S. The molecule has 0 aliphatic carbocycles. The molecule has 1 aliphatic rings. The van der Waals surface area contributed by atoms with Gasteiger partial charge in [0.05, 0.1) is 0 Å². The summed E-state index contributed by atoms with van der Waals surface area (Å²) in [5.41, 5.74) is 1.98. The molecule has 1 N–H and O–H groups in total. The number of aliphatic imine (C=N–C) groups is 1. The van der Waals surface area contributed by atoms with Crippen LogP contribution in [0.4, 0.5) is 5.69 Å². The summed E-state index contributed by atoms with van der Waals surface area (Å²) in [5, 5.41) is 3.19. The van der Waals surface area contributed by atoms with Crippen LogP contribution in [0.3, 0.4) is 0 Å². The molecule has 25 heavy (non-hydrogen) atoms. The number of thioether (sulfide) groups is 1. The molecule has 2 amide bonds. The number of hydrogen-bond donors (Lipinski definition) is 1. The maximum Gasteiger partial charge on any atom is 0.242 e. The lowest BCUT2D eigenvalue weighted by atomic mass is 10.1. The van der Waals surface area contributed by atoms with Gasteiger partial charge in [0.2, 0.25) is 11.8 Å². The van der Waals surface area contributed by atoms with Gasteiger partial charge in [-0.1, -0.05) is 30.8 Å². The number of hydrogen-bond acceptors (Lipinski definition) is 4. The second kappa shape index (κ2) is 8.52. The first-order valence-corrected chi connectivity index (χ1v) is 9.66. The van der Waals surface area contributed by atoms with Gasteiger partial charge in [-0.15, -0.1) is 0 Å². The minimum absolute atomic E-state index is 0.0316. The number of carbonyl (C=O) groups is 2. The lowest BCUT2D eigenvalue weighted by Crippen LogP contribution is -2.38. The molecule has 5 nitrogen and oxygen atoms in total. The Kier molecular flexibility index (Phi) is 6.64. The van der Waals surface area contributed by atoms with Crippen molar-refractivity contribution < 1.29 is 9.59 Å². The summed E-state index contributed by atoms with van der Waals surface area (Å²) in [5.74, 6) is -0.180. The highest BCUT2D eigenvalue weighted by Gasteiger charge is 2.40. The van der Waals surface area contributed by atoms with Gasteiger partial charge in [0, 0.05) is 24.2 Å². The van der Waals surface area contributed by atoms with Crippen molar-refractivity contribution in [3.63, 3.8) is 0 Å². The van der Waals surface area contributed by atoms with Gasteiger partial charge in [-0.05, 0) is 51.8 Å². The number of carbonyl (C=O) groups excluding carboxylic acids is 2. The first kappa shape index (κ1) is 19.5. The van der Waals surface area contributed by atoms with Crippen LogP contribution in [0.25, 0.3) is 0 Å². The van der Waals surface area contributed by atoms with E-state index in [0.29, 0.717) is 0 Å². The van der Waals surface area contributed by atoms with E-state index >= 15 is 0 Å². The monoisotopic (exact) mass is 361 g/mol. The third-order valence-corrected chi connectivity index (χ3v) is 5.03. The van der Waals surface area contributed by atoms with Gasteiger partial charge in [0.15, 0.2) is 5.17 Å². The standard InChI is InChI=1S/C19H27N3O2S/c1-6-14-7-9-15(10-8-14)21-17(23)11-16-18(24)22(13(4)5)19(25-16)20-12(2)3/h7-10,12-13,16H,6,11H2,1-5H3,(H,21,23). The third kappa shape index (κ3) is 5.08. The highest BCUT2D eigenvalue weighted by molar-refractivity contribution is 8.15. The van der Waals surface area contributed by atoms with Crippen molar-refractivity contribution in [1.29, 1.82) is 0 Å². The molecule has 1 atom stereocenters. The van der Waals surface area contributed by atoms with E-state index in [0.717, 1.165) is 17.3 Å². The van der Waals surface area contributed by atoms with Crippen molar-refractivity contribution in [1.82, 2.24) is 4.90 Å². The molecule has 1 saturated heterocycles. The van der Waals surface area contributed by atoms with Crippen LogP contribution in [0.15, 0.2) is 29.3 Å². The summed E-state index contributed by atoms with van der Waals surface area (Å²) >= 11 is 1.39. The van der Waals surface area contributed by atoms with Crippen LogP contribution in [0.5, 0.6) is 0 Å². The van der Waals surface area contributed by atoms with E-state index in [2.05, 4.69) is 17.2 Å². The van der Waals surface area contributed by atoms with Crippen LogP contribution >= 0.6 is 11.8 Å². The van der Waals surface area contributed by atoms with E-state index in [-0.39, 0.29) is 30.3 Å². The molecular weight excluding hydrogens is 334 g/mol. The molecule has 136 valence electrons. The molecule has 1 aromatic rings. The van der Waals surface area contributed by atoms with Gasteiger partial charge in [-0.3, -0.25) is 19.5 Å². The quantitative estimate of drug-likeness (QED) is 0.840. The molecule has 0 spiro atoms. The van der Waals surface area contributed by atoms with Gasteiger partial charge < -0.3 is 5.32 Å². The first-order chi connectivity index (χ1) is 11.8. The Morgan fingerprint density at radius 1 is 1.24 bits per heavy atom. The van der Waals surface area contributed by atoms with Crippen molar-refractivity contribution in [3.8, 4) is 0 Å². The Bertz CT molecular complexity index is 653. The summed E-state index contributed by atoms with van der Waals surface area (Å²) in [4.78, 5) is 31.2. The molecule has 1 fully saturated rings. The van der Waals surface area contributed by atoms with Gasteiger partial charge in [-0.2, -0.15) is 0 Å². The Morgan fingerprint density at radius 3 is 2.40 bits per heavy atom. The van der Waals surface area contributed by atoms with E-state index in [1.165, 1.54) is 17.3 Å². The largest absolute Gasteiger partial charge is 0.326 e. The average molecular weight is 362 g/mol. The Labute approximate surface area is 154 Å². The Hall–Kier alpha value is -1.82. The van der Waals surface area contributed by atoms with Crippen molar-refractivity contribution >= 4 is 34.4 Å². The van der Waals surface area contributed by atoms with Gasteiger partial charge >= 0.3 is 0 Å². The van der Waals surface area contributed by atoms with Crippen LogP contribution in [-0.4, -0.2) is 39.2 Å². The molecule has 0 saturated carbocycles. The van der Waals surface area contributed by atoms with Crippen LogP contribution in [0, 0.1) is 0 Å². The van der Waals surface area contributed by atoms with E-state index in [1.807, 2.05) is 52.0 Å². The summed E-state index contributed by atoms with van der Waals surface area (Å²) in [6.45, 7) is 9.98. The summed E-state index contributed by atoms with van der Waals surface area (Å²) in [6.07, 6.45) is 1.11. The van der Waals surface area contributed by atoms with Crippen molar-refractivity contribution in [3.05, 3.63) is 29.8 Å². The minimum atomic E-state index is -0.408. The van der Waals surface area contributed by atoms with Crippen LogP contribution in [0.1, 0.15) is 46.6 Å². The zero-order valence-corrected chi connectivity index (χ0v) is 16.4. The third-order valence-electron chi connectivity index (χ3n) is 3.87. The lowest BCUT2D eigenvalue weighted by molar-refractivity contribution is -0.129. The molecule has 0 aromatic heterocycles. The number of benzene rings is 1. The second-order valence-corrected chi connectivity index (χ2v) is 7.89. The molecule has 1 heterocycles. The SMILES string of the molecule is CCc1ccc(NC(=O)CC2SC(=NC(C)C)N(C(C)C)C2=O)cc1. The van der Waals surface area contributed by atoms with Gasteiger partial charge in [0.25, 0.3) is 0 Å². The maximum absolute atomic E-state index is 12.7.